The van der Waals surface area contributed by atoms with Crippen LogP contribution in [-0.4, -0.2) is 25.9 Å². The van der Waals surface area contributed by atoms with Crippen LogP contribution in [0.1, 0.15) is 27.7 Å². The lowest BCUT2D eigenvalue weighted by Gasteiger charge is -1.99. The van der Waals surface area contributed by atoms with Crippen molar-refractivity contribution < 1.29 is 13.6 Å². The second kappa shape index (κ2) is 5.14. The summed E-state index contributed by atoms with van der Waals surface area (Å²) >= 11 is 0. The van der Waals surface area contributed by atoms with Crippen molar-refractivity contribution in [2.75, 3.05) is 5.32 Å². The van der Waals surface area contributed by atoms with Gasteiger partial charge in [-0.15, -0.1) is 5.10 Å². The van der Waals surface area contributed by atoms with Crippen LogP contribution in [0.2, 0.25) is 0 Å². The van der Waals surface area contributed by atoms with Gasteiger partial charge in [0, 0.05) is 7.05 Å². The van der Waals surface area contributed by atoms with E-state index < -0.39 is 0 Å². The van der Waals surface area contributed by atoms with E-state index >= 15 is 0 Å². The van der Waals surface area contributed by atoms with Gasteiger partial charge in [-0.25, -0.2) is 0 Å². The van der Waals surface area contributed by atoms with Crippen LogP contribution in [0.3, 0.4) is 0 Å². The first-order chi connectivity index (χ1) is 10.4. The molecule has 0 aliphatic carbocycles. The number of amides is 1. The molecule has 0 aliphatic heterocycles. The van der Waals surface area contributed by atoms with Gasteiger partial charge in [-0.1, -0.05) is 5.10 Å². The van der Waals surface area contributed by atoms with Crippen LogP contribution < -0.4 is 5.32 Å². The van der Waals surface area contributed by atoms with E-state index in [1.165, 1.54) is 4.68 Å². The van der Waals surface area contributed by atoms with Gasteiger partial charge in [-0.3, -0.25) is 14.8 Å². The number of anilines is 1. The van der Waals surface area contributed by atoms with Crippen molar-refractivity contribution >= 4 is 11.9 Å². The molecular weight excluding hydrogens is 286 g/mol. The van der Waals surface area contributed by atoms with Crippen molar-refractivity contribution in [3.8, 4) is 11.5 Å². The minimum Gasteiger partial charge on any atom is -0.466 e. The molecule has 0 fully saturated rings. The largest absolute Gasteiger partial charge is 0.466 e. The fourth-order valence-electron chi connectivity index (χ4n) is 2.21. The van der Waals surface area contributed by atoms with Crippen molar-refractivity contribution in [3.63, 3.8) is 0 Å². The number of nitrogens with zero attached hydrogens (tertiary/aromatic N) is 4. The fourth-order valence-corrected chi connectivity index (χ4v) is 2.21. The summed E-state index contributed by atoms with van der Waals surface area (Å²) in [5, 5.41) is 14.4. The number of furan rings is 1. The second-order valence-electron chi connectivity index (χ2n) is 4.99. The molecule has 0 radical (unpaired) electrons. The van der Waals surface area contributed by atoms with E-state index in [1.54, 1.807) is 19.2 Å². The van der Waals surface area contributed by atoms with Gasteiger partial charge in [0.05, 0.1) is 11.3 Å². The lowest BCUT2D eigenvalue weighted by Crippen LogP contribution is -2.16. The number of rotatable bonds is 3. The minimum absolute atomic E-state index is 0.0251. The van der Waals surface area contributed by atoms with Gasteiger partial charge in [-0.2, -0.15) is 5.10 Å². The van der Waals surface area contributed by atoms with E-state index in [0.717, 1.165) is 11.5 Å². The Morgan fingerprint density at radius 3 is 2.55 bits per heavy atom. The average molecular weight is 301 g/mol. The molecule has 22 heavy (non-hydrogen) atoms. The summed E-state index contributed by atoms with van der Waals surface area (Å²) in [4.78, 5) is 12.1. The zero-order valence-corrected chi connectivity index (χ0v) is 12.7. The van der Waals surface area contributed by atoms with Crippen LogP contribution in [0.5, 0.6) is 0 Å². The van der Waals surface area contributed by atoms with E-state index in [4.69, 9.17) is 8.83 Å². The highest BCUT2D eigenvalue weighted by atomic mass is 16.4. The van der Waals surface area contributed by atoms with Gasteiger partial charge in [0.1, 0.15) is 17.2 Å². The van der Waals surface area contributed by atoms with Crippen LogP contribution in [0.25, 0.3) is 11.5 Å². The van der Waals surface area contributed by atoms with Crippen LogP contribution >= 0.6 is 0 Å². The lowest BCUT2D eigenvalue weighted by molar-refractivity contribution is 0.101. The molecule has 3 rings (SSSR count). The molecule has 1 N–H and O–H groups in total. The van der Waals surface area contributed by atoms with Gasteiger partial charge in [-0.05, 0) is 32.9 Å². The van der Waals surface area contributed by atoms with Crippen LogP contribution in [0, 0.1) is 20.8 Å². The molecule has 0 aliphatic rings. The van der Waals surface area contributed by atoms with Gasteiger partial charge in [0.25, 0.3) is 11.8 Å². The maximum atomic E-state index is 12.1. The van der Waals surface area contributed by atoms with Crippen LogP contribution in [0.4, 0.5) is 6.01 Å². The average Bonchev–Trinajstić information content (AvgIpc) is 3.10. The van der Waals surface area contributed by atoms with E-state index in [-0.39, 0.29) is 11.9 Å². The summed E-state index contributed by atoms with van der Waals surface area (Å²) in [6.45, 7) is 5.45. The van der Waals surface area contributed by atoms with Gasteiger partial charge >= 0.3 is 6.01 Å². The number of carbonyl (C=O) groups excluding carboxylic acids is 1. The molecule has 0 unspecified atom stereocenters. The molecule has 114 valence electrons. The molecule has 0 atom stereocenters. The smallest absolute Gasteiger partial charge is 0.322 e. The molecule has 3 aromatic heterocycles. The second-order valence-corrected chi connectivity index (χ2v) is 4.99. The number of hydrogen-bond acceptors (Lipinski definition) is 6. The number of nitrogens with one attached hydrogen (secondary N) is 1. The molecule has 0 saturated carbocycles. The number of aryl methyl sites for hydroxylation is 4. The Morgan fingerprint density at radius 1 is 1.18 bits per heavy atom. The first-order valence-corrected chi connectivity index (χ1v) is 6.67. The summed E-state index contributed by atoms with van der Waals surface area (Å²) in [7, 11) is 1.69. The Kier molecular flexibility index (Phi) is 3.28. The lowest BCUT2D eigenvalue weighted by atomic mass is 10.2. The summed E-state index contributed by atoms with van der Waals surface area (Å²) in [6, 6.07) is 3.51. The number of aromatic nitrogens is 4. The van der Waals surface area contributed by atoms with Crippen LogP contribution in [-0.2, 0) is 7.05 Å². The summed E-state index contributed by atoms with van der Waals surface area (Å²) in [5.74, 6) is 1.37. The summed E-state index contributed by atoms with van der Waals surface area (Å²) in [6.07, 6.45) is 0. The van der Waals surface area contributed by atoms with Crippen molar-refractivity contribution in [1.29, 1.82) is 0 Å². The Bertz CT molecular complexity index is 843. The highest BCUT2D eigenvalue weighted by Gasteiger charge is 2.18. The molecule has 1 amide bonds. The van der Waals surface area contributed by atoms with Crippen molar-refractivity contribution in [1.82, 2.24) is 20.0 Å². The molecular formula is C14H15N5O3. The number of carbonyl (C=O) groups is 1. The molecule has 0 saturated heterocycles. The molecule has 8 nitrogen and oxygen atoms in total. The van der Waals surface area contributed by atoms with Crippen LogP contribution in [0.15, 0.2) is 21.0 Å². The van der Waals surface area contributed by atoms with E-state index in [2.05, 4.69) is 20.6 Å². The summed E-state index contributed by atoms with van der Waals surface area (Å²) in [5.41, 5.74) is 1.87. The Balaban J connectivity index is 1.81. The molecule has 3 heterocycles. The maximum Gasteiger partial charge on any atom is 0.322 e. The highest BCUT2D eigenvalue weighted by molar-refractivity contribution is 6.01. The van der Waals surface area contributed by atoms with E-state index in [9.17, 15) is 4.79 Å². The standard InChI is InChI=1S/C14H15N5O3/c1-7-5-11(19(4)18-7)12(20)15-14-17-16-13(22-14)10-6-8(2)21-9(10)3/h5-6H,1-4H3,(H,15,17,20). The third-order valence-corrected chi connectivity index (χ3v) is 3.15. The first kappa shape index (κ1) is 14.1. The topological polar surface area (TPSA) is 99.0 Å². The molecule has 0 spiro atoms. The quantitative estimate of drug-likeness (QED) is 0.796. The zero-order valence-electron chi connectivity index (χ0n) is 12.7. The van der Waals surface area contributed by atoms with Crippen molar-refractivity contribution in [2.45, 2.75) is 20.8 Å². The third kappa shape index (κ3) is 2.50. The zero-order chi connectivity index (χ0) is 15.9. The molecule has 0 bridgehead atoms. The minimum atomic E-state index is -0.363. The monoisotopic (exact) mass is 301 g/mol. The predicted molar refractivity (Wildman–Crippen MR) is 77.4 cm³/mol. The molecule has 8 heteroatoms. The van der Waals surface area contributed by atoms with Gasteiger partial charge in [0.15, 0.2) is 0 Å². The van der Waals surface area contributed by atoms with Gasteiger partial charge < -0.3 is 8.83 Å². The highest BCUT2D eigenvalue weighted by Crippen LogP contribution is 2.26. The fraction of sp³-hybridized carbons (Fsp3) is 0.286. The first-order valence-electron chi connectivity index (χ1n) is 6.67. The SMILES string of the molecule is Cc1cc(C(=O)Nc2nnc(-c3cc(C)oc3C)o2)n(C)n1. The Hall–Kier alpha value is -2.90. The molecule has 3 aromatic rings. The third-order valence-electron chi connectivity index (χ3n) is 3.15. The maximum absolute atomic E-state index is 12.1. The molecule has 0 aromatic carbocycles. The van der Waals surface area contributed by atoms with E-state index in [0.29, 0.717) is 22.9 Å². The van der Waals surface area contributed by atoms with Crippen molar-refractivity contribution in [3.05, 3.63) is 35.0 Å². The Labute approximate surface area is 126 Å². The number of hydrogen-bond donors (Lipinski definition) is 1. The van der Waals surface area contributed by atoms with Gasteiger partial charge in [0.2, 0.25) is 0 Å². The normalized spacial score (nSPS) is 10.9. The Morgan fingerprint density at radius 2 is 1.95 bits per heavy atom. The summed E-state index contributed by atoms with van der Waals surface area (Å²) < 4.78 is 12.4. The predicted octanol–water partition coefficient (Wildman–Crippen LogP) is 2.24. The van der Waals surface area contributed by atoms with Crippen molar-refractivity contribution in [2.24, 2.45) is 7.05 Å². The van der Waals surface area contributed by atoms with E-state index in [1.807, 2.05) is 20.8 Å².